The molecule has 3 nitrogen and oxygen atoms in total. The zero-order valence-electron chi connectivity index (χ0n) is 8.86. The number of nitrogens with one attached hydrogen (secondary N) is 1. The molecular weight excluding hydrogens is 270 g/mol. The first-order chi connectivity index (χ1) is 7.84. The molecule has 0 fully saturated rings. The van der Waals surface area contributed by atoms with Gasteiger partial charge in [-0.05, 0) is 34.0 Å². The van der Waals surface area contributed by atoms with Gasteiger partial charge < -0.3 is 4.74 Å². The first kappa shape index (κ1) is 11.6. The molecule has 0 saturated heterocycles. The van der Waals surface area contributed by atoms with Crippen LogP contribution in [0.1, 0.15) is 5.56 Å². The van der Waals surface area contributed by atoms with E-state index in [0.717, 1.165) is 17.6 Å². The summed E-state index contributed by atoms with van der Waals surface area (Å²) in [6.07, 6.45) is 2.89. The van der Waals surface area contributed by atoms with E-state index >= 15 is 0 Å². The Bertz CT molecular complexity index is 353. The lowest BCUT2D eigenvalue weighted by Gasteiger charge is -2.08. The van der Waals surface area contributed by atoms with Gasteiger partial charge in [0.15, 0.2) is 0 Å². The molecule has 1 aliphatic rings. The fourth-order valence-electron chi connectivity index (χ4n) is 1.48. The van der Waals surface area contributed by atoms with Gasteiger partial charge in [-0.3, -0.25) is 10.3 Å². The highest BCUT2D eigenvalue weighted by Gasteiger charge is 2.14. The predicted octanol–water partition coefficient (Wildman–Crippen LogP) is 2.39. The van der Waals surface area contributed by atoms with Crippen molar-refractivity contribution in [3.05, 3.63) is 46.6 Å². The molecule has 16 heavy (non-hydrogen) atoms. The molecule has 1 heterocycles. The Labute approximate surface area is 104 Å². The van der Waals surface area contributed by atoms with Crippen molar-refractivity contribution in [1.82, 2.24) is 5.48 Å². The summed E-state index contributed by atoms with van der Waals surface area (Å²) in [4.78, 5) is 5.20. The molecule has 0 aliphatic carbocycles. The Morgan fingerprint density at radius 3 is 2.81 bits per heavy atom. The standard InChI is InChI=1S/C12H14BrNO2/c13-12-8-11(16-14-12)9-15-7-6-10-4-2-1-3-5-10/h1-5,8,11,14H,6-7,9H2/t11-/m1/s1. The fourth-order valence-corrected chi connectivity index (χ4v) is 1.87. The van der Waals surface area contributed by atoms with Crippen LogP contribution in [-0.2, 0) is 16.0 Å². The third kappa shape index (κ3) is 3.63. The average molecular weight is 284 g/mol. The topological polar surface area (TPSA) is 30.5 Å². The lowest BCUT2D eigenvalue weighted by atomic mass is 10.2. The lowest BCUT2D eigenvalue weighted by molar-refractivity contribution is -0.0123. The molecule has 1 aliphatic heterocycles. The fraction of sp³-hybridized carbons (Fsp3) is 0.333. The summed E-state index contributed by atoms with van der Waals surface area (Å²) < 4.78 is 6.40. The van der Waals surface area contributed by atoms with Gasteiger partial charge in [0.1, 0.15) is 10.7 Å². The van der Waals surface area contributed by atoms with Gasteiger partial charge in [-0.2, -0.15) is 0 Å². The molecule has 0 amide bonds. The van der Waals surface area contributed by atoms with Crippen LogP contribution >= 0.6 is 15.9 Å². The second kappa shape index (κ2) is 6.03. The monoisotopic (exact) mass is 283 g/mol. The highest BCUT2D eigenvalue weighted by Crippen LogP contribution is 2.12. The Morgan fingerprint density at radius 2 is 2.12 bits per heavy atom. The van der Waals surface area contributed by atoms with E-state index in [1.165, 1.54) is 5.56 Å². The van der Waals surface area contributed by atoms with Crippen LogP contribution in [-0.4, -0.2) is 19.3 Å². The quantitative estimate of drug-likeness (QED) is 0.665. The molecule has 86 valence electrons. The summed E-state index contributed by atoms with van der Waals surface area (Å²) in [5.41, 5.74) is 4.02. The van der Waals surface area contributed by atoms with E-state index in [4.69, 9.17) is 9.57 Å². The zero-order chi connectivity index (χ0) is 11.2. The normalized spacial score (nSPS) is 19.3. The van der Waals surface area contributed by atoms with E-state index in [2.05, 4.69) is 33.5 Å². The van der Waals surface area contributed by atoms with Gasteiger partial charge in [0.05, 0.1) is 13.2 Å². The first-order valence-corrected chi connectivity index (χ1v) is 6.04. The van der Waals surface area contributed by atoms with E-state index in [1.807, 2.05) is 24.3 Å². The predicted molar refractivity (Wildman–Crippen MR) is 66.0 cm³/mol. The van der Waals surface area contributed by atoms with Crippen molar-refractivity contribution < 1.29 is 9.57 Å². The zero-order valence-corrected chi connectivity index (χ0v) is 10.4. The number of ether oxygens (including phenoxy) is 1. The van der Waals surface area contributed by atoms with Crippen molar-refractivity contribution in [3.8, 4) is 0 Å². The number of rotatable bonds is 5. The van der Waals surface area contributed by atoms with Crippen molar-refractivity contribution in [1.29, 1.82) is 0 Å². The van der Waals surface area contributed by atoms with E-state index in [-0.39, 0.29) is 6.10 Å². The Hall–Kier alpha value is -0.840. The summed E-state index contributed by atoms with van der Waals surface area (Å²) in [6, 6.07) is 10.3. The molecule has 0 spiro atoms. The maximum absolute atomic E-state index is 5.54. The molecule has 1 atom stereocenters. The maximum Gasteiger partial charge on any atom is 0.130 e. The number of hydroxylamine groups is 1. The van der Waals surface area contributed by atoms with Crippen LogP contribution in [0.4, 0.5) is 0 Å². The average Bonchev–Trinajstić information content (AvgIpc) is 2.72. The van der Waals surface area contributed by atoms with Crippen molar-refractivity contribution in [2.45, 2.75) is 12.5 Å². The SMILES string of the molecule is BrC1=C[C@H](COCCc2ccccc2)ON1. The minimum Gasteiger partial charge on any atom is -0.378 e. The highest BCUT2D eigenvalue weighted by atomic mass is 79.9. The molecule has 0 saturated carbocycles. The van der Waals surface area contributed by atoms with Crippen molar-refractivity contribution in [3.63, 3.8) is 0 Å². The summed E-state index contributed by atoms with van der Waals surface area (Å²) in [6.45, 7) is 1.30. The first-order valence-electron chi connectivity index (χ1n) is 5.25. The lowest BCUT2D eigenvalue weighted by Crippen LogP contribution is -2.18. The number of halogens is 1. The second-order valence-corrected chi connectivity index (χ2v) is 4.44. The smallest absolute Gasteiger partial charge is 0.130 e. The molecule has 0 aromatic heterocycles. The molecule has 1 aromatic rings. The molecule has 0 unspecified atom stereocenters. The third-order valence-electron chi connectivity index (χ3n) is 2.30. The summed E-state index contributed by atoms with van der Waals surface area (Å²) in [7, 11) is 0. The van der Waals surface area contributed by atoms with Crippen molar-refractivity contribution in [2.24, 2.45) is 0 Å². The number of hydrogen-bond donors (Lipinski definition) is 1. The van der Waals surface area contributed by atoms with E-state index in [0.29, 0.717) is 6.61 Å². The molecular formula is C12H14BrNO2. The van der Waals surface area contributed by atoms with Crippen LogP contribution in [0.25, 0.3) is 0 Å². The summed E-state index contributed by atoms with van der Waals surface area (Å²) in [5, 5.41) is 0. The van der Waals surface area contributed by atoms with Crippen molar-refractivity contribution >= 4 is 15.9 Å². The van der Waals surface area contributed by atoms with Gasteiger partial charge in [-0.1, -0.05) is 30.3 Å². The Kier molecular flexibility index (Phi) is 4.39. The van der Waals surface area contributed by atoms with E-state index in [1.54, 1.807) is 0 Å². The van der Waals surface area contributed by atoms with Crippen LogP contribution in [0.3, 0.4) is 0 Å². The van der Waals surface area contributed by atoms with Crippen LogP contribution < -0.4 is 5.48 Å². The van der Waals surface area contributed by atoms with E-state index in [9.17, 15) is 0 Å². The minimum absolute atomic E-state index is 0.00477. The molecule has 2 rings (SSSR count). The number of benzene rings is 1. The molecule has 1 N–H and O–H groups in total. The van der Waals surface area contributed by atoms with Crippen LogP contribution in [0, 0.1) is 0 Å². The van der Waals surface area contributed by atoms with Gasteiger partial charge in [0.2, 0.25) is 0 Å². The maximum atomic E-state index is 5.54. The van der Waals surface area contributed by atoms with Gasteiger partial charge in [-0.15, -0.1) is 0 Å². The van der Waals surface area contributed by atoms with Gasteiger partial charge in [0.25, 0.3) is 0 Å². The molecule has 0 radical (unpaired) electrons. The Morgan fingerprint density at radius 1 is 1.31 bits per heavy atom. The van der Waals surface area contributed by atoms with E-state index < -0.39 is 0 Å². The second-order valence-electron chi connectivity index (χ2n) is 3.58. The minimum atomic E-state index is 0.00477. The van der Waals surface area contributed by atoms with Crippen molar-refractivity contribution in [2.75, 3.05) is 13.2 Å². The summed E-state index contributed by atoms with van der Waals surface area (Å²) >= 11 is 3.29. The van der Waals surface area contributed by atoms with Crippen LogP contribution in [0.15, 0.2) is 41.0 Å². The van der Waals surface area contributed by atoms with Gasteiger partial charge in [0, 0.05) is 0 Å². The highest BCUT2D eigenvalue weighted by molar-refractivity contribution is 9.11. The van der Waals surface area contributed by atoms with Crippen LogP contribution in [0.2, 0.25) is 0 Å². The summed E-state index contributed by atoms with van der Waals surface area (Å²) in [5.74, 6) is 0. The number of hydrogen-bond acceptors (Lipinski definition) is 3. The largest absolute Gasteiger partial charge is 0.378 e. The molecule has 0 bridgehead atoms. The van der Waals surface area contributed by atoms with Crippen LogP contribution in [0.5, 0.6) is 0 Å². The van der Waals surface area contributed by atoms with Gasteiger partial charge in [-0.25, -0.2) is 0 Å². The van der Waals surface area contributed by atoms with Gasteiger partial charge >= 0.3 is 0 Å². The molecule has 1 aromatic carbocycles. The molecule has 4 heteroatoms. The Balaban J connectivity index is 1.62. The third-order valence-corrected chi connectivity index (χ3v) is 2.73.